The molecule has 18 heavy (non-hydrogen) atoms. The molecule has 96 valence electrons. The molecule has 0 spiro atoms. The van der Waals surface area contributed by atoms with E-state index >= 15 is 0 Å². The molecule has 6 nitrogen and oxygen atoms in total. The van der Waals surface area contributed by atoms with Crippen LogP contribution in [0.4, 0.5) is 0 Å². The Labute approximate surface area is 105 Å². The molecule has 1 saturated heterocycles. The van der Waals surface area contributed by atoms with Crippen molar-refractivity contribution in [2.75, 3.05) is 13.1 Å². The van der Waals surface area contributed by atoms with E-state index in [2.05, 4.69) is 11.7 Å². The van der Waals surface area contributed by atoms with Gasteiger partial charge in [0, 0.05) is 24.9 Å². The highest BCUT2D eigenvalue weighted by molar-refractivity contribution is 5.92. The van der Waals surface area contributed by atoms with Crippen molar-refractivity contribution in [1.82, 2.24) is 14.7 Å². The van der Waals surface area contributed by atoms with Crippen molar-refractivity contribution in [1.29, 1.82) is 0 Å². The van der Waals surface area contributed by atoms with E-state index in [-0.39, 0.29) is 11.9 Å². The Morgan fingerprint density at radius 3 is 2.83 bits per heavy atom. The van der Waals surface area contributed by atoms with Gasteiger partial charge < -0.3 is 10.6 Å². The topological polar surface area (TPSA) is 81.2 Å². The molecule has 0 radical (unpaired) electrons. The number of hydrogen-bond donors (Lipinski definition) is 1. The molecule has 2 heterocycles. The number of likely N-dealkylation sites (tertiary alicyclic amines) is 1. The molecule has 2 N–H and O–H groups in total. The molecule has 0 aromatic carbocycles. The van der Waals surface area contributed by atoms with Crippen LogP contribution >= 0.6 is 0 Å². The predicted molar refractivity (Wildman–Crippen MR) is 65.8 cm³/mol. The zero-order chi connectivity index (χ0) is 13.3. The summed E-state index contributed by atoms with van der Waals surface area (Å²) in [5.41, 5.74) is 6.10. The predicted octanol–water partition coefficient (Wildman–Crippen LogP) is 0.331. The number of carbonyl (C=O) groups excluding carboxylic acids is 2. The fourth-order valence-corrected chi connectivity index (χ4v) is 2.08. The molecule has 2 rings (SSSR count). The molecule has 1 atom stereocenters. The Morgan fingerprint density at radius 1 is 1.56 bits per heavy atom. The number of nitrogens with zero attached hydrogens (tertiary/aromatic N) is 3. The average Bonchev–Trinajstić information content (AvgIpc) is 2.96. The van der Waals surface area contributed by atoms with Gasteiger partial charge in [0.05, 0.1) is 17.8 Å². The van der Waals surface area contributed by atoms with Crippen LogP contribution in [0.3, 0.4) is 0 Å². The van der Waals surface area contributed by atoms with Crippen LogP contribution in [0.5, 0.6) is 0 Å². The van der Waals surface area contributed by atoms with Gasteiger partial charge >= 0.3 is 0 Å². The van der Waals surface area contributed by atoms with Crippen molar-refractivity contribution in [3.8, 4) is 0 Å². The summed E-state index contributed by atoms with van der Waals surface area (Å²) in [6, 6.07) is 0.0985. The fraction of sp³-hybridized carbons (Fsp3) is 0.417. The average molecular weight is 248 g/mol. The van der Waals surface area contributed by atoms with Crippen LogP contribution in [0.15, 0.2) is 24.5 Å². The molecular formula is C12H16N4O2. The van der Waals surface area contributed by atoms with E-state index in [1.54, 1.807) is 22.7 Å². The molecular weight excluding hydrogens is 232 g/mol. The summed E-state index contributed by atoms with van der Waals surface area (Å²) in [6.45, 7) is 6.62. The Kier molecular flexibility index (Phi) is 3.18. The second-order valence-electron chi connectivity index (χ2n) is 4.55. The number of amides is 2. The Hall–Kier alpha value is -2.11. The molecule has 1 aliphatic heterocycles. The lowest BCUT2D eigenvalue weighted by molar-refractivity contribution is -0.126. The van der Waals surface area contributed by atoms with Gasteiger partial charge in [-0.15, -0.1) is 0 Å². The van der Waals surface area contributed by atoms with E-state index < -0.39 is 5.91 Å². The quantitative estimate of drug-likeness (QED) is 0.783. The normalized spacial score (nSPS) is 18.9. The van der Waals surface area contributed by atoms with E-state index in [0.717, 1.165) is 6.42 Å². The van der Waals surface area contributed by atoms with Crippen LogP contribution in [-0.4, -0.2) is 39.6 Å². The van der Waals surface area contributed by atoms with Gasteiger partial charge in [-0.05, 0) is 13.3 Å². The zero-order valence-electron chi connectivity index (χ0n) is 10.3. The van der Waals surface area contributed by atoms with Crippen molar-refractivity contribution in [3.63, 3.8) is 0 Å². The molecule has 6 heteroatoms. The second kappa shape index (κ2) is 4.64. The van der Waals surface area contributed by atoms with Crippen LogP contribution in [0.1, 0.15) is 29.7 Å². The molecule has 1 unspecified atom stereocenters. The maximum Gasteiger partial charge on any atom is 0.251 e. The minimum absolute atomic E-state index is 0.0280. The number of primary amides is 1. The van der Waals surface area contributed by atoms with Crippen LogP contribution in [0.2, 0.25) is 0 Å². The molecule has 0 aliphatic carbocycles. The van der Waals surface area contributed by atoms with Gasteiger partial charge in [0.1, 0.15) is 0 Å². The van der Waals surface area contributed by atoms with Gasteiger partial charge in [-0.3, -0.25) is 14.3 Å². The molecule has 0 saturated carbocycles. The van der Waals surface area contributed by atoms with Crippen molar-refractivity contribution >= 4 is 11.8 Å². The Morgan fingerprint density at radius 2 is 2.28 bits per heavy atom. The molecule has 0 bridgehead atoms. The lowest BCUT2D eigenvalue weighted by Gasteiger charge is -2.16. The van der Waals surface area contributed by atoms with Crippen molar-refractivity contribution in [3.05, 3.63) is 30.1 Å². The summed E-state index contributed by atoms with van der Waals surface area (Å²) in [7, 11) is 0. The number of aromatic nitrogens is 2. The van der Waals surface area contributed by atoms with Gasteiger partial charge in [-0.2, -0.15) is 5.10 Å². The SMILES string of the molecule is C=C(C)C(=O)N1CCC(n2cc(C(N)=O)cn2)C1. The Bertz CT molecular complexity index is 506. The van der Waals surface area contributed by atoms with Crippen LogP contribution in [0, 0.1) is 0 Å². The van der Waals surface area contributed by atoms with Gasteiger partial charge in [0.25, 0.3) is 5.91 Å². The first kappa shape index (κ1) is 12.3. The lowest BCUT2D eigenvalue weighted by atomic mass is 10.2. The number of hydrogen-bond acceptors (Lipinski definition) is 3. The summed E-state index contributed by atoms with van der Waals surface area (Å²) < 4.78 is 1.70. The summed E-state index contributed by atoms with van der Waals surface area (Å²) in [4.78, 5) is 24.5. The molecule has 1 aromatic rings. The largest absolute Gasteiger partial charge is 0.366 e. The number of nitrogens with two attached hydrogens (primary N) is 1. The highest BCUT2D eigenvalue weighted by Gasteiger charge is 2.28. The summed E-state index contributed by atoms with van der Waals surface area (Å²) in [6.07, 6.45) is 3.90. The maximum absolute atomic E-state index is 11.8. The third-order valence-corrected chi connectivity index (χ3v) is 3.08. The van der Waals surface area contributed by atoms with Gasteiger partial charge in [0.15, 0.2) is 0 Å². The van der Waals surface area contributed by atoms with Crippen molar-refractivity contribution in [2.45, 2.75) is 19.4 Å². The minimum Gasteiger partial charge on any atom is -0.366 e. The maximum atomic E-state index is 11.8. The highest BCUT2D eigenvalue weighted by Crippen LogP contribution is 2.22. The van der Waals surface area contributed by atoms with Gasteiger partial charge in [0.2, 0.25) is 5.91 Å². The molecule has 2 amide bonds. The van der Waals surface area contributed by atoms with E-state index in [9.17, 15) is 9.59 Å². The standard InChI is InChI=1S/C12H16N4O2/c1-8(2)12(18)15-4-3-10(7-15)16-6-9(5-14-16)11(13)17/h5-6,10H,1,3-4,7H2,2H3,(H2,13,17). The first-order valence-electron chi connectivity index (χ1n) is 5.77. The molecule has 1 fully saturated rings. The highest BCUT2D eigenvalue weighted by atomic mass is 16.2. The monoisotopic (exact) mass is 248 g/mol. The Balaban J connectivity index is 2.06. The first-order valence-corrected chi connectivity index (χ1v) is 5.77. The lowest BCUT2D eigenvalue weighted by Crippen LogP contribution is -2.29. The summed E-state index contributed by atoms with van der Waals surface area (Å²) in [5.74, 6) is -0.520. The zero-order valence-corrected chi connectivity index (χ0v) is 10.3. The van der Waals surface area contributed by atoms with Crippen molar-refractivity contribution < 1.29 is 9.59 Å². The van der Waals surface area contributed by atoms with E-state index in [1.807, 2.05) is 0 Å². The van der Waals surface area contributed by atoms with Crippen LogP contribution in [-0.2, 0) is 4.79 Å². The number of rotatable bonds is 3. The van der Waals surface area contributed by atoms with E-state index in [1.165, 1.54) is 6.20 Å². The van der Waals surface area contributed by atoms with E-state index in [0.29, 0.717) is 24.2 Å². The van der Waals surface area contributed by atoms with Gasteiger partial charge in [-0.1, -0.05) is 6.58 Å². The molecule has 1 aliphatic rings. The minimum atomic E-state index is -0.492. The molecule has 1 aromatic heterocycles. The summed E-state index contributed by atoms with van der Waals surface area (Å²) in [5, 5.41) is 4.11. The summed E-state index contributed by atoms with van der Waals surface area (Å²) >= 11 is 0. The smallest absolute Gasteiger partial charge is 0.251 e. The first-order chi connectivity index (χ1) is 8.49. The second-order valence-corrected chi connectivity index (χ2v) is 4.55. The van der Waals surface area contributed by atoms with Crippen LogP contribution < -0.4 is 5.73 Å². The third-order valence-electron chi connectivity index (χ3n) is 3.08. The van der Waals surface area contributed by atoms with Crippen molar-refractivity contribution in [2.24, 2.45) is 5.73 Å². The van der Waals surface area contributed by atoms with E-state index in [4.69, 9.17) is 5.73 Å². The van der Waals surface area contributed by atoms with Crippen LogP contribution in [0.25, 0.3) is 0 Å². The fourth-order valence-electron chi connectivity index (χ4n) is 2.08. The van der Waals surface area contributed by atoms with Gasteiger partial charge in [-0.25, -0.2) is 0 Å². The number of carbonyl (C=O) groups is 2. The third kappa shape index (κ3) is 2.27.